The number of nitrogens with two attached hydrogens (primary N) is 1. The van der Waals surface area contributed by atoms with E-state index in [2.05, 4.69) is 0 Å². The monoisotopic (exact) mass is 193 g/mol. The van der Waals surface area contributed by atoms with Gasteiger partial charge in [0.25, 0.3) is 0 Å². The first-order chi connectivity index (χ1) is 6.11. The highest BCUT2D eigenvalue weighted by molar-refractivity contribution is 4.91. The molecule has 0 unspecified atom stereocenters. The van der Waals surface area contributed by atoms with E-state index in [1.807, 2.05) is 0 Å². The van der Waals surface area contributed by atoms with E-state index < -0.39 is 30.6 Å². The SMILES string of the molecule is CO[C@H]1O[C@H](CO)[C@H](O)[C@H](O)[C@H]1N. The lowest BCUT2D eigenvalue weighted by molar-refractivity contribution is -0.257. The Kier molecular flexibility index (Phi) is 3.60. The zero-order chi connectivity index (χ0) is 10.0. The molecule has 5 N–H and O–H groups in total. The fourth-order valence-corrected chi connectivity index (χ4v) is 1.32. The van der Waals surface area contributed by atoms with Crippen molar-refractivity contribution in [1.82, 2.24) is 0 Å². The van der Waals surface area contributed by atoms with Crippen LogP contribution in [0.5, 0.6) is 0 Å². The second-order valence-corrected chi connectivity index (χ2v) is 3.02. The number of aliphatic hydroxyl groups excluding tert-OH is 3. The molecule has 0 aromatic heterocycles. The second-order valence-electron chi connectivity index (χ2n) is 3.02. The Labute approximate surface area is 75.9 Å². The minimum atomic E-state index is -1.17. The van der Waals surface area contributed by atoms with Crippen LogP contribution in [-0.2, 0) is 9.47 Å². The van der Waals surface area contributed by atoms with E-state index in [0.717, 1.165) is 0 Å². The Morgan fingerprint density at radius 2 is 2.00 bits per heavy atom. The van der Waals surface area contributed by atoms with Crippen molar-refractivity contribution in [2.75, 3.05) is 13.7 Å². The van der Waals surface area contributed by atoms with Gasteiger partial charge in [-0.1, -0.05) is 0 Å². The highest BCUT2D eigenvalue weighted by Gasteiger charge is 2.42. The van der Waals surface area contributed by atoms with Crippen LogP contribution in [0.4, 0.5) is 0 Å². The molecule has 0 spiro atoms. The lowest BCUT2D eigenvalue weighted by Gasteiger charge is -2.39. The van der Waals surface area contributed by atoms with E-state index in [0.29, 0.717) is 0 Å². The van der Waals surface area contributed by atoms with Gasteiger partial charge in [-0.3, -0.25) is 0 Å². The number of ether oxygens (including phenoxy) is 2. The van der Waals surface area contributed by atoms with Crippen LogP contribution in [0.15, 0.2) is 0 Å². The van der Waals surface area contributed by atoms with Crippen LogP contribution in [0, 0.1) is 0 Å². The summed E-state index contributed by atoms with van der Waals surface area (Å²) in [6.45, 7) is -0.384. The number of hydrogen-bond donors (Lipinski definition) is 4. The highest BCUT2D eigenvalue weighted by Crippen LogP contribution is 2.19. The zero-order valence-corrected chi connectivity index (χ0v) is 7.33. The molecule has 1 aliphatic heterocycles. The highest BCUT2D eigenvalue weighted by atomic mass is 16.7. The fraction of sp³-hybridized carbons (Fsp3) is 1.00. The third-order valence-electron chi connectivity index (χ3n) is 2.16. The second kappa shape index (κ2) is 4.32. The fourth-order valence-electron chi connectivity index (χ4n) is 1.32. The molecule has 0 bridgehead atoms. The zero-order valence-electron chi connectivity index (χ0n) is 7.33. The van der Waals surface area contributed by atoms with Gasteiger partial charge in [0.1, 0.15) is 18.3 Å². The number of hydrogen-bond acceptors (Lipinski definition) is 6. The van der Waals surface area contributed by atoms with Gasteiger partial charge < -0.3 is 30.5 Å². The maximum atomic E-state index is 9.40. The molecule has 1 heterocycles. The molecule has 0 aromatic rings. The Balaban J connectivity index is 2.66. The Hall–Kier alpha value is -0.240. The third-order valence-corrected chi connectivity index (χ3v) is 2.16. The van der Waals surface area contributed by atoms with Gasteiger partial charge in [-0.25, -0.2) is 0 Å². The molecule has 0 aliphatic carbocycles. The topological polar surface area (TPSA) is 105 Å². The van der Waals surface area contributed by atoms with Gasteiger partial charge in [0, 0.05) is 7.11 Å². The lowest BCUT2D eigenvalue weighted by atomic mass is 9.98. The largest absolute Gasteiger partial charge is 0.394 e. The maximum absolute atomic E-state index is 9.40. The summed E-state index contributed by atoms with van der Waals surface area (Å²) in [5.41, 5.74) is 5.50. The molecular weight excluding hydrogens is 178 g/mol. The minimum absolute atomic E-state index is 0.384. The molecule has 0 saturated carbocycles. The van der Waals surface area contributed by atoms with Crippen molar-refractivity contribution in [2.24, 2.45) is 5.73 Å². The minimum Gasteiger partial charge on any atom is -0.394 e. The Morgan fingerprint density at radius 1 is 1.38 bits per heavy atom. The molecule has 0 amide bonds. The molecule has 5 atom stereocenters. The van der Waals surface area contributed by atoms with E-state index in [4.69, 9.17) is 20.3 Å². The van der Waals surface area contributed by atoms with Crippen LogP contribution in [0.25, 0.3) is 0 Å². The van der Waals surface area contributed by atoms with Gasteiger partial charge in [0.2, 0.25) is 0 Å². The standard InChI is InChI=1S/C7H15NO5/c1-12-7-4(8)6(11)5(10)3(2-9)13-7/h3-7,9-11H,2,8H2,1H3/t3-,4-,5+,6-,7+/m1/s1. The van der Waals surface area contributed by atoms with Crippen LogP contribution in [0.3, 0.4) is 0 Å². The van der Waals surface area contributed by atoms with E-state index in [1.54, 1.807) is 0 Å². The van der Waals surface area contributed by atoms with Gasteiger partial charge in [0.05, 0.1) is 12.6 Å². The molecule has 1 fully saturated rings. The van der Waals surface area contributed by atoms with Crippen molar-refractivity contribution >= 4 is 0 Å². The summed E-state index contributed by atoms with van der Waals surface area (Å²) in [4.78, 5) is 0. The smallest absolute Gasteiger partial charge is 0.175 e. The average Bonchev–Trinajstić information content (AvgIpc) is 2.15. The van der Waals surface area contributed by atoms with Gasteiger partial charge in [0.15, 0.2) is 6.29 Å². The molecule has 0 radical (unpaired) electrons. The van der Waals surface area contributed by atoms with Crippen LogP contribution in [0.2, 0.25) is 0 Å². The van der Waals surface area contributed by atoms with Gasteiger partial charge in [-0.05, 0) is 0 Å². The van der Waals surface area contributed by atoms with Crippen molar-refractivity contribution in [3.05, 3.63) is 0 Å². The van der Waals surface area contributed by atoms with E-state index in [9.17, 15) is 10.2 Å². The molecule has 6 heteroatoms. The molecule has 1 saturated heterocycles. The van der Waals surface area contributed by atoms with Crippen molar-refractivity contribution in [3.8, 4) is 0 Å². The van der Waals surface area contributed by atoms with Crippen LogP contribution in [-0.4, -0.2) is 59.7 Å². The number of aliphatic hydroxyl groups is 3. The average molecular weight is 193 g/mol. The predicted octanol–water partition coefficient (Wildman–Crippen LogP) is -2.60. The Morgan fingerprint density at radius 3 is 2.46 bits per heavy atom. The van der Waals surface area contributed by atoms with Crippen LogP contribution < -0.4 is 5.73 Å². The molecule has 1 aliphatic rings. The summed E-state index contributed by atoms with van der Waals surface area (Å²) in [5, 5.41) is 27.5. The summed E-state index contributed by atoms with van der Waals surface area (Å²) in [7, 11) is 1.38. The normalized spacial score (nSPS) is 46.4. The molecular formula is C7H15NO5. The van der Waals surface area contributed by atoms with Gasteiger partial charge in [-0.15, -0.1) is 0 Å². The van der Waals surface area contributed by atoms with E-state index in [1.165, 1.54) is 7.11 Å². The first kappa shape index (κ1) is 10.8. The summed E-state index contributed by atoms with van der Waals surface area (Å²) in [6, 6.07) is -0.803. The molecule has 0 aromatic carbocycles. The van der Waals surface area contributed by atoms with Gasteiger partial charge >= 0.3 is 0 Å². The van der Waals surface area contributed by atoms with E-state index >= 15 is 0 Å². The summed E-state index contributed by atoms with van der Waals surface area (Å²) in [6.07, 6.45) is -3.96. The quantitative estimate of drug-likeness (QED) is 0.383. The van der Waals surface area contributed by atoms with Crippen molar-refractivity contribution in [2.45, 2.75) is 30.6 Å². The molecule has 78 valence electrons. The van der Waals surface area contributed by atoms with E-state index in [-0.39, 0.29) is 6.61 Å². The summed E-state index contributed by atoms with van der Waals surface area (Å²) >= 11 is 0. The lowest BCUT2D eigenvalue weighted by Crippen LogP contribution is -2.62. The third kappa shape index (κ3) is 1.98. The molecule has 6 nitrogen and oxygen atoms in total. The summed E-state index contributed by atoms with van der Waals surface area (Å²) < 4.78 is 9.90. The predicted molar refractivity (Wildman–Crippen MR) is 42.7 cm³/mol. The first-order valence-electron chi connectivity index (χ1n) is 4.02. The molecule has 1 rings (SSSR count). The number of methoxy groups -OCH3 is 1. The van der Waals surface area contributed by atoms with Crippen molar-refractivity contribution < 1.29 is 24.8 Å². The van der Waals surface area contributed by atoms with Crippen LogP contribution >= 0.6 is 0 Å². The van der Waals surface area contributed by atoms with Gasteiger partial charge in [-0.2, -0.15) is 0 Å². The molecule has 13 heavy (non-hydrogen) atoms. The number of rotatable bonds is 2. The first-order valence-corrected chi connectivity index (χ1v) is 4.02. The maximum Gasteiger partial charge on any atom is 0.175 e. The van der Waals surface area contributed by atoms with Crippen LogP contribution in [0.1, 0.15) is 0 Å². The summed E-state index contributed by atoms with van der Waals surface area (Å²) in [5.74, 6) is 0. The van der Waals surface area contributed by atoms with Crippen molar-refractivity contribution in [3.63, 3.8) is 0 Å². The van der Waals surface area contributed by atoms with Crippen molar-refractivity contribution in [1.29, 1.82) is 0 Å². The Bertz CT molecular complexity index is 147.